The van der Waals surface area contributed by atoms with Gasteiger partial charge in [-0.2, -0.15) is 15.3 Å². The molecular formula is C38H64MnN6. The predicted octanol–water partition coefficient (Wildman–Crippen LogP) is 10.2. The summed E-state index contributed by atoms with van der Waals surface area (Å²) in [7, 11) is 0. The molecule has 0 aliphatic rings. The van der Waals surface area contributed by atoms with E-state index in [0.717, 1.165) is 38.5 Å². The van der Waals surface area contributed by atoms with Gasteiger partial charge in [-0.1, -0.05) is 105 Å². The van der Waals surface area contributed by atoms with Gasteiger partial charge in [-0.3, -0.25) is 0 Å². The van der Waals surface area contributed by atoms with Crippen molar-refractivity contribution in [3.63, 3.8) is 0 Å². The Morgan fingerprint density at radius 3 is 0.956 bits per heavy atom. The molecule has 0 amide bonds. The third-order valence-electron chi connectivity index (χ3n) is 8.13. The summed E-state index contributed by atoms with van der Waals surface area (Å²) in [6, 6.07) is 7.12. The number of hydrogen-bond donors (Lipinski definition) is 0. The summed E-state index contributed by atoms with van der Waals surface area (Å²) in [5.41, 5.74) is 7.57. The van der Waals surface area contributed by atoms with Crippen molar-refractivity contribution < 1.29 is 17.1 Å². The number of aryl methyl sites for hydroxylation is 6. The van der Waals surface area contributed by atoms with Crippen molar-refractivity contribution in [1.29, 1.82) is 0 Å². The second-order valence-corrected chi connectivity index (χ2v) is 12.2. The van der Waals surface area contributed by atoms with Gasteiger partial charge in [0.15, 0.2) is 0 Å². The predicted molar refractivity (Wildman–Crippen MR) is 189 cm³/mol. The van der Waals surface area contributed by atoms with Crippen molar-refractivity contribution in [3.8, 4) is 0 Å². The summed E-state index contributed by atoms with van der Waals surface area (Å²) in [5.74, 6) is 0. The molecule has 0 aliphatic heterocycles. The zero-order valence-corrected chi connectivity index (χ0v) is 30.8. The molecule has 3 rings (SSSR count). The van der Waals surface area contributed by atoms with E-state index in [4.69, 9.17) is 15.3 Å². The molecular weight excluding hydrogens is 595 g/mol. The van der Waals surface area contributed by atoms with E-state index in [1.165, 1.54) is 111 Å². The van der Waals surface area contributed by atoms with Crippen molar-refractivity contribution in [2.24, 2.45) is 0 Å². The quantitative estimate of drug-likeness (QED) is 0.0797. The number of unbranched alkanes of at least 4 members (excludes halogenated alkanes) is 6. The SMILES string of the molecule is C=CC=C.CCCCc1cc(CCCC)n(C(n2nc(CCCC)cc2CCCC)n2nc(CCCC)cc2CCCC)n1.[Mn]. The Bertz CT molecular complexity index is 1060. The Hall–Kier alpha value is -2.37. The van der Waals surface area contributed by atoms with E-state index >= 15 is 0 Å². The molecule has 0 aliphatic carbocycles. The molecule has 0 saturated heterocycles. The summed E-state index contributed by atoms with van der Waals surface area (Å²) >= 11 is 0. The first-order chi connectivity index (χ1) is 21.5. The summed E-state index contributed by atoms with van der Waals surface area (Å²) in [4.78, 5) is 0. The van der Waals surface area contributed by atoms with Gasteiger partial charge in [-0.15, -0.1) is 0 Å². The normalized spacial score (nSPS) is 10.9. The summed E-state index contributed by atoms with van der Waals surface area (Å²) < 4.78 is 6.91. The van der Waals surface area contributed by atoms with Crippen LogP contribution in [0, 0.1) is 0 Å². The maximum Gasteiger partial charge on any atom is 0.238 e. The molecule has 0 unspecified atom stereocenters. The fourth-order valence-corrected chi connectivity index (χ4v) is 5.45. The number of nitrogens with zero attached hydrogens (tertiary/aromatic N) is 6. The fraction of sp³-hybridized carbons (Fsp3) is 0.658. The minimum absolute atomic E-state index is 0. The molecule has 0 saturated carbocycles. The van der Waals surface area contributed by atoms with E-state index in [1.54, 1.807) is 12.2 Å². The third kappa shape index (κ3) is 13.1. The molecule has 7 heteroatoms. The van der Waals surface area contributed by atoms with Crippen LogP contribution in [0.4, 0.5) is 0 Å². The third-order valence-corrected chi connectivity index (χ3v) is 8.13. The minimum atomic E-state index is -0.202. The van der Waals surface area contributed by atoms with Crippen molar-refractivity contribution in [2.45, 2.75) is 163 Å². The van der Waals surface area contributed by atoms with Crippen molar-refractivity contribution >= 4 is 0 Å². The zero-order valence-electron chi connectivity index (χ0n) is 29.7. The van der Waals surface area contributed by atoms with Gasteiger partial charge in [-0.25, -0.2) is 14.0 Å². The summed E-state index contributed by atoms with van der Waals surface area (Å²) in [6.07, 6.45) is 23.4. The van der Waals surface area contributed by atoms with E-state index in [2.05, 4.69) is 86.9 Å². The summed E-state index contributed by atoms with van der Waals surface area (Å²) in [5, 5.41) is 16.0. The molecule has 0 aromatic carbocycles. The standard InChI is InChI=1S/C34H58N6.C4H6.Mn/c1-7-13-19-28-25-31(22-16-10-4)38(35-28)34(39-32(23-17-11-5)26-29(36-39)20-14-8-2)40-33(24-18-12-6)27-30(37-40)21-15-9-3;1-3-4-2;/h25-27,34H,7-24H2,1-6H3;3-4H,1-2H2;. The van der Waals surface area contributed by atoms with Gasteiger partial charge < -0.3 is 0 Å². The van der Waals surface area contributed by atoms with Crippen LogP contribution in [0.15, 0.2) is 43.5 Å². The smallest absolute Gasteiger partial charge is 0.224 e. The number of hydrogen-bond acceptors (Lipinski definition) is 3. The van der Waals surface area contributed by atoms with Gasteiger partial charge >= 0.3 is 0 Å². The number of aromatic nitrogens is 6. The molecule has 6 nitrogen and oxygen atoms in total. The first-order valence-corrected chi connectivity index (χ1v) is 18.0. The Kier molecular flexibility index (Phi) is 21.6. The van der Waals surface area contributed by atoms with Crippen molar-refractivity contribution in [2.75, 3.05) is 0 Å². The van der Waals surface area contributed by atoms with E-state index in [9.17, 15) is 0 Å². The first kappa shape index (κ1) is 40.7. The van der Waals surface area contributed by atoms with Crippen molar-refractivity contribution in [1.82, 2.24) is 29.3 Å². The largest absolute Gasteiger partial charge is 0.238 e. The van der Waals surface area contributed by atoms with Crippen LogP contribution >= 0.6 is 0 Å². The maximum atomic E-state index is 5.33. The van der Waals surface area contributed by atoms with Crippen LogP contribution in [0.1, 0.15) is 159 Å². The second kappa shape index (κ2) is 23.9. The molecule has 45 heavy (non-hydrogen) atoms. The monoisotopic (exact) mass is 659 g/mol. The molecule has 3 aromatic heterocycles. The second-order valence-electron chi connectivity index (χ2n) is 12.2. The van der Waals surface area contributed by atoms with E-state index in [-0.39, 0.29) is 23.4 Å². The number of allylic oxidation sites excluding steroid dienone is 2. The van der Waals surface area contributed by atoms with Gasteiger partial charge in [0.2, 0.25) is 6.29 Å². The Balaban J connectivity index is 0.00000191. The van der Waals surface area contributed by atoms with Gasteiger partial charge in [-0.05, 0) is 95.2 Å². The van der Waals surface area contributed by atoms with Crippen molar-refractivity contribution in [3.05, 3.63) is 77.7 Å². The molecule has 0 bridgehead atoms. The Labute approximate surface area is 286 Å². The Morgan fingerprint density at radius 2 is 0.733 bits per heavy atom. The zero-order chi connectivity index (χ0) is 32.2. The van der Waals surface area contributed by atoms with Gasteiger partial charge in [0.25, 0.3) is 0 Å². The average molecular weight is 660 g/mol. The maximum absolute atomic E-state index is 5.33. The number of rotatable bonds is 22. The Morgan fingerprint density at radius 1 is 0.489 bits per heavy atom. The fourth-order valence-electron chi connectivity index (χ4n) is 5.45. The molecule has 253 valence electrons. The van der Waals surface area contributed by atoms with E-state index < -0.39 is 0 Å². The van der Waals surface area contributed by atoms with Crippen LogP contribution in [-0.4, -0.2) is 29.3 Å². The van der Waals surface area contributed by atoms with E-state index in [0.29, 0.717) is 0 Å². The molecule has 0 fully saturated rings. The molecule has 1 radical (unpaired) electrons. The first-order valence-electron chi connectivity index (χ1n) is 18.0. The van der Waals surface area contributed by atoms with Crippen LogP contribution in [-0.2, 0) is 55.6 Å². The van der Waals surface area contributed by atoms with Gasteiger partial charge in [0.05, 0.1) is 17.1 Å². The van der Waals surface area contributed by atoms with E-state index in [1.807, 2.05) is 0 Å². The molecule has 3 aromatic rings. The van der Waals surface area contributed by atoms with Gasteiger partial charge in [0, 0.05) is 34.2 Å². The van der Waals surface area contributed by atoms with Gasteiger partial charge in [0.1, 0.15) is 0 Å². The average Bonchev–Trinajstić information content (AvgIpc) is 3.76. The van der Waals surface area contributed by atoms with Crippen LogP contribution in [0.25, 0.3) is 0 Å². The summed E-state index contributed by atoms with van der Waals surface area (Å²) in [6.45, 7) is 20.4. The molecule has 0 spiro atoms. The molecule has 3 heterocycles. The topological polar surface area (TPSA) is 53.5 Å². The van der Waals surface area contributed by atoms with Crippen LogP contribution in [0.5, 0.6) is 0 Å². The van der Waals surface area contributed by atoms with Crippen LogP contribution < -0.4 is 0 Å². The minimum Gasteiger partial charge on any atom is -0.224 e. The van der Waals surface area contributed by atoms with Crippen LogP contribution in [0.3, 0.4) is 0 Å². The molecule has 0 N–H and O–H groups in total. The van der Waals surface area contributed by atoms with Crippen LogP contribution in [0.2, 0.25) is 0 Å². The molecule has 0 atom stereocenters.